The molecule has 36 heavy (non-hydrogen) atoms. The van der Waals surface area contributed by atoms with Crippen molar-refractivity contribution in [3.8, 4) is 11.5 Å². The third-order valence-electron chi connectivity index (χ3n) is 6.18. The summed E-state index contributed by atoms with van der Waals surface area (Å²) >= 11 is 6.06. The number of hydrogen-bond donors (Lipinski definition) is 1. The van der Waals surface area contributed by atoms with Crippen molar-refractivity contribution >= 4 is 34.7 Å². The molecular weight excluding hydrogens is 478 g/mol. The normalized spacial score (nSPS) is 17.1. The Morgan fingerprint density at radius 1 is 1.03 bits per heavy atom. The number of ether oxygens (including phenoxy) is 2. The van der Waals surface area contributed by atoms with Crippen LogP contribution in [-0.2, 0) is 9.59 Å². The Morgan fingerprint density at radius 3 is 2.28 bits per heavy atom. The number of halogens is 1. The summed E-state index contributed by atoms with van der Waals surface area (Å²) in [6.07, 6.45) is 0. The Labute approximate surface area is 215 Å². The Balaban J connectivity index is 1.91. The molecule has 1 atom stereocenters. The second-order valence-corrected chi connectivity index (χ2v) is 9.20. The average Bonchev–Trinajstić information content (AvgIpc) is 3.14. The summed E-state index contributed by atoms with van der Waals surface area (Å²) in [4.78, 5) is 28.1. The third-order valence-corrected chi connectivity index (χ3v) is 6.43. The lowest BCUT2D eigenvalue weighted by Crippen LogP contribution is -2.29. The highest BCUT2D eigenvalue weighted by Gasteiger charge is 2.47. The zero-order valence-electron chi connectivity index (χ0n) is 20.6. The summed E-state index contributed by atoms with van der Waals surface area (Å²) in [5.74, 6) is -0.259. The van der Waals surface area contributed by atoms with Gasteiger partial charge in [-0.15, -0.1) is 0 Å². The van der Waals surface area contributed by atoms with E-state index >= 15 is 0 Å². The first-order chi connectivity index (χ1) is 17.3. The van der Waals surface area contributed by atoms with Crippen molar-refractivity contribution in [3.05, 3.63) is 94.0 Å². The second-order valence-electron chi connectivity index (χ2n) is 8.76. The van der Waals surface area contributed by atoms with E-state index in [1.807, 2.05) is 20.8 Å². The lowest BCUT2D eigenvalue weighted by atomic mass is 9.93. The molecule has 1 amide bonds. The monoisotopic (exact) mass is 505 g/mol. The minimum Gasteiger partial charge on any atom is -0.507 e. The number of hydrogen-bond acceptors (Lipinski definition) is 5. The van der Waals surface area contributed by atoms with Gasteiger partial charge in [0.2, 0.25) is 0 Å². The first-order valence-corrected chi connectivity index (χ1v) is 12.1. The molecule has 1 N–H and O–H groups in total. The summed E-state index contributed by atoms with van der Waals surface area (Å²) in [5, 5.41) is 12.0. The molecule has 1 saturated heterocycles. The Bertz CT molecular complexity index is 1310. The van der Waals surface area contributed by atoms with E-state index in [1.54, 1.807) is 73.8 Å². The molecule has 1 heterocycles. The van der Waals surface area contributed by atoms with Gasteiger partial charge in [-0.1, -0.05) is 37.6 Å². The van der Waals surface area contributed by atoms with Crippen molar-refractivity contribution in [2.45, 2.75) is 32.7 Å². The minimum atomic E-state index is -0.841. The number of rotatable bonds is 7. The largest absolute Gasteiger partial charge is 0.507 e. The van der Waals surface area contributed by atoms with E-state index in [2.05, 4.69) is 0 Å². The summed E-state index contributed by atoms with van der Waals surface area (Å²) in [6, 6.07) is 18.2. The fraction of sp³-hybridized carbons (Fsp3) is 0.241. The van der Waals surface area contributed by atoms with Gasteiger partial charge in [0.25, 0.3) is 11.7 Å². The van der Waals surface area contributed by atoms with Gasteiger partial charge in [-0.05, 0) is 78.6 Å². The predicted octanol–water partition coefficient (Wildman–Crippen LogP) is 6.50. The standard InChI is InChI=1S/C29H28ClNO5/c1-5-36-22-13-6-18(7-14-22)26-25(27(32)19-8-15-24(35-4)23(16-19)17(2)3)28(33)29(34)31(26)21-11-9-20(30)10-12-21/h6-17,26,32H,5H2,1-4H3/b27-25-. The Hall–Kier alpha value is -3.77. The number of Topliss-reactive ketones (excluding diaryl/α,β-unsaturated/α-hetero) is 1. The molecule has 1 fully saturated rings. The molecule has 1 unspecified atom stereocenters. The summed E-state index contributed by atoms with van der Waals surface area (Å²) in [5.41, 5.74) is 2.48. The Morgan fingerprint density at radius 2 is 1.69 bits per heavy atom. The van der Waals surface area contributed by atoms with E-state index in [0.29, 0.717) is 39.9 Å². The molecule has 1 aliphatic rings. The molecule has 186 valence electrons. The first kappa shape index (κ1) is 25.3. The lowest BCUT2D eigenvalue weighted by Gasteiger charge is -2.25. The van der Waals surface area contributed by atoms with Gasteiger partial charge < -0.3 is 14.6 Å². The van der Waals surface area contributed by atoms with Crippen LogP contribution in [0.1, 0.15) is 49.4 Å². The van der Waals surface area contributed by atoms with Crippen molar-refractivity contribution in [1.82, 2.24) is 0 Å². The van der Waals surface area contributed by atoms with Crippen LogP contribution >= 0.6 is 11.6 Å². The van der Waals surface area contributed by atoms with Crippen LogP contribution in [0, 0.1) is 0 Å². The van der Waals surface area contributed by atoms with E-state index in [4.69, 9.17) is 21.1 Å². The number of aliphatic hydroxyl groups excluding tert-OH is 1. The van der Waals surface area contributed by atoms with Gasteiger partial charge in [0.1, 0.15) is 17.3 Å². The van der Waals surface area contributed by atoms with Crippen LogP contribution in [0.5, 0.6) is 11.5 Å². The first-order valence-electron chi connectivity index (χ1n) is 11.7. The molecule has 3 aromatic rings. The molecule has 0 aliphatic carbocycles. The van der Waals surface area contributed by atoms with Crippen molar-refractivity contribution in [2.24, 2.45) is 0 Å². The van der Waals surface area contributed by atoms with Crippen molar-refractivity contribution in [2.75, 3.05) is 18.6 Å². The molecule has 7 heteroatoms. The van der Waals surface area contributed by atoms with Crippen LogP contribution < -0.4 is 14.4 Å². The van der Waals surface area contributed by atoms with Crippen LogP contribution in [0.2, 0.25) is 5.02 Å². The van der Waals surface area contributed by atoms with E-state index in [0.717, 1.165) is 5.56 Å². The highest BCUT2D eigenvalue weighted by atomic mass is 35.5. The summed E-state index contributed by atoms with van der Waals surface area (Å²) in [7, 11) is 1.59. The fourth-order valence-electron chi connectivity index (χ4n) is 4.42. The van der Waals surface area contributed by atoms with Gasteiger partial charge >= 0.3 is 0 Å². The van der Waals surface area contributed by atoms with E-state index in [-0.39, 0.29) is 17.3 Å². The SMILES string of the molecule is CCOc1ccc(C2/C(=C(/O)c3ccc(OC)c(C(C)C)c3)C(=O)C(=O)N2c2ccc(Cl)cc2)cc1. The van der Waals surface area contributed by atoms with Gasteiger partial charge in [-0.25, -0.2) is 0 Å². The van der Waals surface area contributed by atoms with Gasteiger partial charge in [-0.3, -0.25) is 14.5 Å². The second kappa shape index (κ2) is 10.5. The molecule has 0 bridgehead atoms. The molecule has 3 aromatic carbocycles. The molecule has 0 spiro atoms. The minimum absolute atomic E-state index is 0.0129. The number of anilines is 1. The lowest BCUT2D eigenvalue weighted by molar-refractivity contribution is -0.132. The van der Waals surface area contributed by atoms with Gasteiger partial charge in [0.15, 0.2) is 0 Å². The number of benzene rings is 3. The fourth-order valence-corrected chi connectivity index (χ4v) is 4.54. The molecule has 6 nitrogen and oxygen atoms in total. The maximum absolute atomic E-state index is 13.4. The maximum atomic E-state index is 13.4. The smallest absolute Gasteiger partial charge is 0.300 e. The number of ketones is 1. The quantitative estimate of drug-likeness (QED) is 0.225. The van der Waals surface area contributed by atoms with Gasteiger partial charge in [0.05, 0.1) is 25.3 Å². The number of amides is 1. The number of methoxy groups -OCH3 is 1. The highest BCUT2D eigenvalue weighted by molar-refractivity contribution is 6.51. The van der Waals surface area contributed by atoms with Crippen LogP contribution in [0.4, 0.5) is 5.69 Å². The van der Waals surface area contributed by atoms with Crippen LogP contribution in [0.3, 0.4) is 0 Å². The van der Waals surface area contributed by atoms with Crippen molar-refractivity contribution < 1.29 is 24.2 Å². The molecule has 0 aromatic heterocycles. The van der Waals surface area contributed by atoms with Crippen LogP contribution in [0.15, 0.2) is 72.3 Å². The highest BCUT2D eigenvalue weighted by Crippen LogP contribution is 2.43. The molecule has 0 radical (unpaired) electrons. The summed E-state index contributed by atoms with van der Waals surface area (Å²) < 4.78 is 11.0. The van der Waals surface area contributed by atoms with Crippen molar-refractivity contribution in [3.63, 3.8) is 0 Å². The molecule has 0 saturated carbocycles. The van der Waals surface area contributed by atoms with Crippen LogP contribution in [-0.4, -0.2) is 30.5 Å². The van der Waals surface area contributed by atoms with E-state index in [1.165, 1.54) is 4.90 Å². The zero-order chi connectivity index (χ0) is 26.0. The Kier molecular flexibility index (Phi) is 7.36. The topological polar surface area (TPSA) is 76.1 Å². The third kappa shape index (κ3) is 4.69. The number of carbonyl (C=O) groups is 2. The number of nitrogens with zero attached hydrogens (tertiary/aromatic N) is 1. The molecule has 1 aliphatic heterocycles. The van der Waals surface area contributed by atoms with Gasteiger partial charge in [0, 0.05) is 16.3 Å². The molecule has 4 rings (SSSR count). The summed E-state index contributed by atoms with van der Waals surface area (Å²) in [6.45, 7) is 6.43. The number of aliphatic hydroxyl groups is 1. The van der Waals surface area contributed by atoms with Gasteiger partial charge in [-0.2, -0.15) is 0 Å². The zero-order valence-corrected chi connectivity index (χ0v) is 21.4. The average molecular weight is 506 g/mol. The predicted molar refractivity (Wildman–Crippen MR) is 141 cm³/mol. The molecular formula is C29H28ClNO5. The van der Waals surface area contributed by atoms with E-state index < -0.39 is 17.7 Å². The van der Waals surface area contributed by atoms with Crippen molar-refractivity contribution in [1.29, 1.82) is 0 Å². The van der Waals surface area contributed by atoms with Crippen LogP contribution in [0.25, 0.3) is 5.76 Å². The maximum Gasteiger partial charge on any atom is 0.300 e. The number of carbonyl (C=O) groups excluding carboxylic acids is 2. The van der Waals surface area contributed by atoms with E-state index in [9.17, 15) is 14.7 Å².